The van der Waals surface area contributed by atoms with E-state index in [1.807, 2.05) is 49.4 Å². The predicted octanol–water partition coefficient (Wildman–Crippen LogP) is 3.60. The number of nitrogens with zero attached hydrogens (tertiary/aromatic N) is 1. The lowest BCUT2D eigenvalue weighted by Crippen LogP contribution is -2.00. The van der Waals surface area contributed by atoms with E-state index < -0.39 is 5.43 Å². The second-order valence-electron chi connectivity index (χ2n) is 5.75. The van der Waals surface area contributed by atoms with Crippen molar-refractivity contribution in [1.29, 1.82) is 0 Å². The van der Waals surface area contributed by atoms with Gasteiger partial charge in [0.15, 0.2) is 5.75 Å². The molecule has 0 amide bonds. The van der Waals surface area contributed by atoms with Crippen LogP contribution in [-0.4, -0.2) is 20.1 Å². The molecule has 0 aliphatic carbocycles. The summed E-state index contributed by atoms with van der Waals surface area (Å²) < 4.78 is 0. The molecule has 4 aromatic rings. The van der Waals surface area contributed by atoms with Gasteiger partial charge in [-0.3, -0.25) is 4.79 Å². The average molecular weight is 317 g/mol. The van der Waals surface area contributed by atoms with E-state index in [0.717, 1.165) is 28.0 Å². The van der Waals surface area contributed by atoms with Gasteiger partial charge in [0.05, 0.1) is 16.7 Å². The maximum absolute atomic E-state index is 11.6. The van der Waals surface area contributed by atoms with Crippen LogP contribution in [0.15, 0.2) is 59.5 Å². The Bertz CT molecular complexity index is 1090. The first-order valence-corrected chi connectivity index (χ1v) is 7.60. The number of rotatable bonds is 2. The van der Waals surface area contributed by atoms with Gasteiger partial charge < -0.3 is 15.1 Å². The summed E-state index contributed by atoms with van der Waals surface area (Å²) >= 11 is 0. The third-order valence-corrected chi connectivity index (χ3v) is 4.03. The van der Waals surface area contributed by atoms with Gasteiger partial charge in [-0.2, -0.15) is 0 Å². The molecule has 0 atom stereocenters. The molecule has 4 rings (SSSR count). The second-order valence-corrected chi connectivity index (χ2v) is 5.75. The van der Waals surface area contributed by atoms with Gasteiger partial charge in [0, 0.05) is 23.4 Å². The van der Waals surface area contributed by atoms with Crippen LogP contribution in [-0.2, 0) is 0 Å². The molecule has 0 aliphatic rings. The molecule has 2 aromatic carbocycles. The summed E-state index contributed by atoms with van der Waals surface area (Å²) in [5, 5.41) is 9.96. The Labute approximate surface area is 137 Å². The zero-order chi connectivity index (χ0) is 16.7. The normalized spacial score (nSPS) is 11.0. The number of aromatic hydroxyl groups is 1. The Balaban J connectivity index is 1.83. The predicted molar refractivity (Wildman–Crippen MR) is 94.0 cm³/mol. The third kappa shape index (κ3) is 2.36. The number of nitrogens with one attached hydrogen (secondary N) is 2. The number of imidazole rings is 1. The number of aromatic amines is 2. The summed E-state index contributed by atoms with van der Waals surface area (Å²) in [6.07, 6.45) is 1.52. The number of H-pyrrole nitrogens is 2. The van der Waals surface area contributed by atoms with Crippen LogP contribution < -0.4 is 5.43 Å². The zero-order valence-corrected chi connectivity index (χ0v) is 13.0. The van der Waals surface area contributed by atoms with Crippen LogP contribution in [0.1, 0.15) is 5.56 Å². The molecule has 2 heterocycles. The number of aromatic nitrogens is 3. The van der Waals surface area contributed by atoms with Crippen LogP contribution in [0, 0.1) is 6.92 Å². The van der Waals surface area contributed by atoms with E-state index in [-0.39, 0.29) is 5.75 Å². The van der Waals surface area contributed by atoms with Gasteiger partial charge in [-0.05, 0) is 19.1 Å². The van der Waals surface area contributed by atoms with Gasteiger partial charge in [-0.1, -0.05) is 35.9 Å². The van der Waals surface area contributed by atoms with Crippen molar-refractivity contribution in [1.82, 2.24) is 15.0 Å². The third-order valence-electron chi connectivity index (χ3n) is 4.03. The summed E-state index contributed by atoms with van der Waals surface area (Å²) in [6.45, 7) is 2.04. The summed E-state index contributed by atoms with van der Waals surface area (Å²) in [7, 11) is 0. The van der Waals surface area contributed by atoms with Crippen molar-refractivity contribution in [3.05, 3.63) is 70.5 Å². The largest absolute Gasteiger partial charge is 0.503 e. The van der Waals surface area contributed by atoms with E-state index in [4.69, 9.17) is 0 Å². The van der Waals surface area contributed by atoms with Crippen molar-refractivity contribution in [3.63, 3.8) is 0 Å². The first-order chi connectivity index (χ1) is 11.6. The summed E-state index contributed by atoms with van der Waals surface area (Å²) in [5.41, 5.74) is 4.58. The number of hydrogen-bond donors (Lipinski definition) is 3. The maximum Gasteiger partial charge on any atom is 0.223 e. The van der Waals surface area contributed by atoms with E-state index in [1.165, 1.54) is 17.8 Å². The minimum atomic E-state index is -0.409. The summed E-state index contributed by atoms with van der Waals surface area (Å²) in [6, 6.07) is 15.0. The molecular weight excluding hydrogens is 302 g/mol. The van der Waals surface area contributed by atoms with E-state index in [2.05, 4.69) is 15.0 Å². The number of aryl methyl sites for hydroxylation is 1. The summed E-state index contributed by atoms with van der Waals surface area (Å²) in [4.78, 5) is 22.4. The van der Waals surface area contributed by atoms with E-state index in [1.54, 1.807) is 0 Å². The van der Waals surface area contributed by atoms with Gasteiger partial charge in [0.2, 0.25) is 5.43 Å². The van der Waals surface area contributed by atoms with E-state index in [0.29, 0.717) is 5.69 Å². The van der Waals surface area contributed by atoms with Crippen LogP contribution in [0.3, 0.4) is 0 Å². The Kier molecular flexibility index (Phi) is 3.20. The molecule has 0 saturated carbocycles. The van der Waals surface area contributed by atoms with Crippen molar-refractivity contribution in [3.8, 4) is 28.4 Å². The van der Waals surface area contributed by atoms with Crippen LogP contribution >= 0.6 is 0 Å². The fraction of sp³-hybridized carbons (Fsp3) is 0.0526. The van der Waals surface area contributed by atoms with Crippen LogP contribution in [0.4, 0.5) is 0 Å². The smallest absolute Gasteiger partial charge is 0.223 e. The Morgan fingerprint density at radius 1 is 1.00 bits per heavy atom. The molecule has 0 aliphatic heterocycles. The van der Waals surface area contributed by atoms with Crippen LogP contribution in [0.25, 0.3) is 33.7 Å². The SMILES string of the molecule is Cc1ccc(-c2nc3ccc(-c4[nH]ccc(=O)c4O)cc3[nH]2)cc1. The van der Waals surface area contributed by atoms with Gasteiger partial charge in [0.1, 0.15) is 5.82 Å². The van der Waals surface area contributed by atoms with Crippen molar-refractivity contribution in [2.45, 2.75) is 6.92 Å². The van der Waals surface area contributed by atoms with Gasteiger partial charge >= 0.3 is 0 Å². The van der Waals surface area contributed by atoms with Crippen molar-refractivity contribution in [2.24, 2.45) is 0 Å². The Hall–Kier alpha value is -3.34. The minimum Gasteiger partial charge on any atom is -0.503 e. The quantitative estimate of drug-likeness (QED) is 0.528. The number of hydrogen-bond acceptors (Lipinski definition) is 3. The lowest BCUT2D eigenvalue weighted by molar-refractivity contribution is 0.470. The molecule has 0 fully saturated rings. The van der Waals surface area contributed by atoms with Crippen molar-refractivity contribution in [2.75, 3.05) is 0 Å². The molecule has 0 bridgehead atoms. The fourth-order valence-corrected chi connectivity index (χ4v) is 2.70. The molecular formula is C19H15N3O2. The maximum atomic E-state index is 11.6. The Morgan fingerprint density at radius 2 is 1.75 bits per heavy atom. The molecule has 2 aromatic heterocycles. The highest BCUT2D eigenvalue weighted by Gasteiger charge is 2.11. The van der Waals surface area contributed by atoms with Crippen LogP contribution in [0.5, 0.6) is 5.75 Å². The highest BCUT2D eigenvalue weighted by Crippen LogP contribution is 2.28. The average Bonchev–Trinajstić information content (AvgIpc) is 3.01. The highest BCUT2D eigenvalue weighted by atomic mass is 16.3. The van der Waals surface area contributed by atoms with Gasteiger partial charge in [0.25, 0.3) is 0 Å². The molecule has 0 unspecified atom stereocenters. The topological polar surface area (TPSA) is 81.8 Å². The monoisotopic (exact) mass is 317 g/mol. The summed E-state index contributed by atoms with van der Waals surface area (Å²) in [5.74, 6) is 0.503. The van der Waals surface area contributed by atoms with Crippen molar-refractivity contribution >= 4 is 11.0 Å². The molecule has 5 heteroatoms. The lowest BCUT2D eigenvalue weighted by atomic mass is 10.1. The lowest BCUT2D eigenvalue weighted by Gasteiger charge is -2.03. The molecule has 0 radical (unpaired) electrons. The van der Waals surface area contributed by atoms with Gasteiger partial charge in [-0.25, -0.2) is 4.98 Å². The molecule has 118 valence electrons. The number of benzene rings is 2. The fourth-order valence-electron chi connectivity index (χ4n) is 2.70. The first-order valence-electron chi connectivity index (χ1n) is 7.60. The van der Waals surface area contributed by atoms with Gasteiger partial charge in [-0.15, -0.1) is 0 Å². The highest BCUT2D eigenvalue weighted by molar-refractivity contribution is 5.84. The zero-order valence-electron chi connectivity index (χ0n) is 13.0. The second kappa shape index (κ2) is 5.38. The van der Waals surface area contributed by atoms with E-state index in [9.17, 15) is 9.90 Å². The molecule has 0 spiro atoms. The molecule has 24 heavy (non-hydrogen) atoms. The molecule has 5 nitrogen and oxygen atoms in total. The molecule has 3 N–H and O–H groups in total. The van der Waals surface area contributed by atoms with Crippen molar-refractivity contribution < 1.29 is 5.11 Å². The Morgan fingerprint density at radius 3 is 2.54 bits per heavy atom. The van der Waals surface area contributed by atoms with Crippen LogP contribution in [0.2, 0.25) is 0 Å². The standard InChI is InChI=1S/C19H15N3O2/c1-11-2-4-12(5-3-11)19-21-14-7-6-13(10-15(14)22-19)17-18(24)16(23)8-9-20-17/h2-10,24H,1H3,(H,20,23)(H,21,22). The number of pyridine rings is 1. The van der Waals surface area contributed by atoms with E-state index >= 15 is 0 Å². The molecule has 0 saturated heterocycles. The first kappa shape index (κ1) is 14.3. The minimum absolute atomic E-state index is 0.282. The number of fused-ring (bicyclic) bond motifs is 1.